The lowest BCUT2D eigenvalue weighted by Crippen LogP contribution is -2.51. The lowest BCUT2D eigenvalue weighted by molar-refractivity contribution is -0.155. The monoisotopic (exact) mass is 269 g/mol. The Bertz CT molecular complexity index is 342. The number of ether oxygens (including phenoxy) is 1. The van der Waals surface area contributed by atoms with Crippen LogP contribution in [0.1, 0.15) is 45.4 Å². The minimum absolute atomic E-state index is 0.0512. The van der Waals surface area contributed by atoms with E-state index in [1.54, 1.807) is 0 Å². The quantitative estimate of drug-likeness (QED) is 0.843. The molecule has 2 rings (SSSR count). The lowest BCUT2D eigenvalue weighted by Gasteiger charge is -2.44. The SMILES string of the molecule is C[C@H](OCC(=O)N1CCCC2CCCCC21)C(=O)O. The molecule has 1 heterocycles. The summed E-state index contributed by atoms with van der Waals surface area (Å²) in [7, 11) is 0. The van der Waals surface area contributed by atoms with Gasteiger partial charge in [-0.25, -0.2) is 4.79 Å². The summed E-state index contributed by atoms with van der Waals surface area (Å²) < 4.78 is 5.11. The van der Waals surface area contributed by atoms with E-state index in [0.29, 0.717) is 12.0 Å². The summed E-state index contributed by atoms with van der Waals surface area (Å²) in [6.45, 7) is 2.14. The molecule has 0 bridgehead atoms. The standard InChI is InChI=1S/C14H23NO4/c1-10(14(17)18)19-9-13(16)15-8-4-6-11-5-2-3-7-12(11)15/h10-12H,2-9H2,1H3,(H,17,18)/t10-,11?,12?/m0/s1. The van der Waals surface area contributed by atoms with Crippen LogP contribution in [0, 0.1) is 5.92 Å². The Morgan fingerprint density at radius 2 is 1.95 bits per heavy atom. The summed E-state index contributed by atoms with van der Waals surface area (Å²) >= 11 is 0. The number of hydrogen-bond donors (Lipinski definition) is 1. The smallest absolute Gasteiger partial charge is 0.332 e. The van der Waals surface area contributed by atoms with E-state index in [9.17, 15) is 9.59 Å². The Kier molecular flexibility index (Phi) is 4.80. The van der Waals surface area contributed by atoms with E-state index in [-0.39, 0.29) is 12.5 Å². The van der Waals surface area contributed by atoms with Gasteiger partial charge in [-0.3, -0.25) is 4.79 Å². The summed E-state index contributed by atoms with van der Waals surface area (Å²) in [4.78, 5) is 24.8. The number of nitrogens with zero attached hydrogens (tertiary/aromatic N) is 1. The van der Waals surface area contributed by atoms with Gasteiger partial charge in [0.25, 0.3) is 0 Å². The molecule has 2 fully saturated rings. The molecule has 19 heavy (non-hydrogen) atoms. The van der Waals surface area contributed by atoms with Crippen LogP contribution in [-0.2, 0) is 14.3 Å². The first kappa shape index (κ1) is 14.3. The number of hydrogen-bond acceptors (Lipinski definition) is 3. The van der Waals surface area contributed by atoms with E-state index < -0.39 is 12.1 Å². The van der Waals surface area contributed by atoms with Crippen molar-refractivity contribution in [2.45, 2.75) is 57.6 Å². The third-order valence-electron chi connectivity index (χ3n) is 4.37. The van der Waals surface area contributed by atoms with Crippen molar-refractivity contribution < 1.29 is 19.4 Å². The molecule has 1 saturated carbocycles. The molecule has 0 aromatic carbocycles. The van der Waals surface area contributed by atoms with Crippen molar-refractivity contribution in [2.24, 2.45) is 5.92 Å². The maximum absolute atomic E-state index is 12.2. The first-order valence-electron chi connectivity index (χ1n) is 7.23. The van der Waals surface area contributed by atoms with Gasteiger partial charge >= 0.3 is 5.97 Å². The summed E-state index contributed by atoms with van der Waals surface area (Å²) in [5.74, 6) is -0.435. The fraction of sp³-hybridized carbons (Fsp3) is 0.857. The Morgan fingerprint density at radius 1 is 1.26 bits per heavy atom. The molecule has 108 valence electrons. The number of carbonyl (C=O) groups is 2. The van der Waals surface area contributed by atoms with E-state index >= 15 is 0 Å². The molecule has 5 nitrogen and oxygen atoms in total. The molecular formula is C14H23NO4. The minimum atomic E-state index is -1.03. The van der Waals surface area contributed by atoms with Gasteiger partial charge in [-0.2, -0.15) is 0 Å². The van der Waals surface area contributed by atoms with Crippen molar-refractivity contribution >= 4 is 11.9 Å². The van der Waals surface area contributed by atoms with E-state index in [1.165, 1.54) is 32.6 Å². The van der Waals surface area contributed by atoms with Gasteiger partial charge in [-0.1, -0.05) is 12.8 Å². The molecule has 1 N–H and O–H groups in total. The largest absolute Gasteiger partial charge is 0.479 e. The molecule has 2 aliphatic rings. The fourth-order valence-corrected chi connectivity index (χ4v) is 3.28. The van der Waals surface area contributed by atoms with Gasteiger partial charge in [0.05, 0.1) is 0 Å². The summed E-state index contributed by atoms with van der Waals surface area (Å²) in [6, 6.07) is 0.360. The summed E-state index contributed by atoms with van der Waals surface area (Å²) in [5.41, 5.74) is 0. The van der Waals surface area contributed by atoms with Crippen molar-refractivity contribution in [1.29, 1.82) is 0 Å². The van der Waals surface area contributed by atoms with Crippen LogP contribution in [0.2, 0.25) is 0 Å². The maximum atomic E-state index is 12.2. The van der Waals surface area contributed by atoms with Gasteiger partial charge in [0.15, 0.2) is 6.10 Å². The third-order valence-corrected chi connectivity index (χ3v) is 4.37. The zero-order valence-electron chi connectivity index (χ0n) is 11.5. The highest BCUT2D eigenvalue weighted by Gasteiger charge is 2.35. The van der Waals surface area contributed by atoms with Crippen LogP contribution in [0.3, 0.4) is 0 Å². The number of carboxylic acid groups (broad SMARTS) is 1. The van der Waals surface area contributed by atoms with Crippen LogP contribution in [-0.4, -0.2) is 47.2 Å². The molecule has 3 atom stereocenters. The molecule has 0 spiro atoms. The van der Waals surface area contributed by atoms with Crippen LogP contribution in [0.25, 0.3) is 0 Å². The third kappa shape index (κ3) is 3.47. The highest BCUT2D eigenvalue weighted by Crippen LogP contribution is 2.35. The second-order valence-electron chi connectivity index (χ2n) is 5.63. The Labute approximate surface area is 113 Å². The number of piperidine rings is 1. The number of likely N-dealkylation sites (tertiary alicyclic amines) is 1. The summed E-state index contributed by atoms with van der Waals surface area (Å²) in [6.07, 6.45) is 6.14. The topological polar surface area (TPSA) is 66.8 Å². The zero-order valence-corrected chi connectivity index (χ0v) is 11.5. The van der Waals surface area contributed by atoms with Crippen molar-refractivity contribution in [3.63, 3.8) is 0 Å². The second-order valence-corrected chi connectivity index (χ2v) is 5.63. The van der Waals surface area contributed by atoms with Crippen molar-refractivity contribution in [3.8, 4) is 0 Å². The van der Waals surface area contributed by atoms with Crippen LogP contribution < -0.4 is 0 Å². The van der Waals surface area contributed by atoms with Crippen LogP contribution in [0.4, 0.5) is 0 Å². The van der Waals surface area contributed by atoms with E-state index in [4.69, 9.17) is 9.84 Å². The normalized spacial score (nSPS) is 28.6. The molecule has 0 aromatic heterocycles. The maximum Gasteiger partial charge on any atom is 0.332 e. The van der Waals surface area contributed by atoms with E-state index in [2.05, 4.69) is 0 Å². The molecule has 1 amide bonds. The Morgan fingerprint density at radius 3 is 2.68 bits per heavy atom. The zero-order chi connectivity index (χ0) is 13.8. The Hall–Kier alpha value is -1.10. The molecule has 5 heteroatoms. The Balaban J connectivity index is 1.88. The average molecular weight is 269 g/mol. The molecule has 2 unspecified atom stereocenters. The van der Waals surface area contributed by atoms with Crippen molar-refractivity contribution in [2.75, 3.05) is 13.2 Å². The molecular weight excluding hydrogens is 246 g/mol. The highest BCUT2D eigenvalue weighted by molar-refractivity contribution is 5.79. The van der Waals surface area contributed by atoms with E-state index in [0.717, 1.165) is 19.4 Å². The molecule has 0 radical (unpaired) electrons. The average Bonchev–Trinajstić information content (AvgIpc) is 2.43. The summed E-state index contributed by atoms with van der Waals surface area (Å²) in [5, 5.41) is 8.74. The highest BCUT2D eigenvalue weighted by atomic mass is 16.5. The van der Waals surface area contributed by atoms with Gasteiger partial charge in [0, 0.05) is 12.6 Å². The molecule has 1 saturated heterocycles. The first-order chi connectivity index (χ1) is 9.09. The number of aliphatic carboxylic acids is 1. The number of amides is 1. The molecule has 1 aliphatic heterocycles. The number of carbonyl (C=O) groups excluding carboxylic acids is 1. The van der Waals surface area contributed by atoms with Gasteiger partial charge in [-0.15, -0.1) is 0 Å². The van der Waals surface area contributed by atoms with Gasteiger partial charge in [0.1, 0.15) is 6.61 Å². The first-order valence-corrected chi connectivity index (χ1v) is 7.23. The number of carboxylic acids is 1. The van der Waals surface area contributed by atoms with Crippen molar-refractivity contribution in [1.82, 2.24) is 4.90 Å². The molecule has 1 aliphatic carbocycles. The van der Waals surface area contributed by atoms with Gasteiger partial charge < -0.3 is 14.7 Å². The van der Waals surface area contributed by atoms with Crippen LogP contribution >= 0.6 is 0 Å². The van der Waals surface area contributed by atoms with Gasteiger partial charge in [-0.05, 0) is 38.5 Å². The lowest BCUT2D eigenvalue weighted by atomic mass is 9.78. The van der Waals surface area contributed by atoms with E-state index in [1.807, 2.05) is 4.90 Å². The number of fused-ring (bicyclic) bond motifs is 1. The predicted molar refractivity (Wildman–Crippen MR) is 69.7 cm³/mol. The second kappa shape index (κ2) is 6.37. The van der Waals surface area contributed by atoms with Crippen molar-refractivity contribution in [3.05, 3.63) is 0 Å². The fourth-order valence-electron chi connectivity index (χ4n) is 3.28. The number of rotatable bonds is 4. The minimum Gasteiger partial charge on any atom is -0.479 e. The predicted octanol–water partition coefficient (Wildman–Crippen LogP) is 1.66. The van der Waals surface area contributed by atoms with Crippen LogP contribution in [0.5, 0.6) is 0 Å². The van der Waals surface area contributed by atoms with Gasteiger partial charge in [0.2, 0.25) is 5.91 Å². The van der Waals surface area contributed by atoms with Crippen LogP contribution in [0.15, 0.2) is 0 Å². The molecule has 0 aromatic rings.